The Kier molecular flexibility index (Phi) is 5.72. The number of rotatable bonds is 6. The molecule has 2 rings (SSSR count). The molecule has 2 atom stereocenters. The fourth-order valence-corrected chi connectivity index (χ4v) is 2.90. The van der Waals surface area contributed by atoms with Gasteiger partial charge in [-0.2, -0.15) is 4.98 Å². The molecule has 21 heavy (non-hydrogen) atoms. The molecule has 2 unspecified atom stereocenters. The SMILES string of the molecule is CC(C)CC(N)Cc1nc(CC2CN(C)CCN2C)no1. The third-order valence-corrected chi connectivity index (χ3v) is 4.12. The minimum Gasteiger partial charge on any atom is -0.339 e. The highest BCUT2D eigenvalue weighted by Crippen LogP contribution is 2.12. The smallest absolute Gasteiger partial charge is 0.228 e. The second-order valence-electron chi connectivity index (χ2n) is 6.80. The maximum atomic E-state index is 6.10. The summed E-state index contributed by atoms with van der Waals surface area (Å²) in [5, 5.41) is 4.12. The summed E-state index contributed by atoms with van der Waals surface area (Å²) in [6.07, 6.45) is 2.49. The van der Waals surface area contributed by atoms with Crippen molar-refractivity contribution >= 4 is 0 Å². The highest BCUT2D eigenvalue weighted by atomic mass is 16.5. The van der Waals surface area contributed by atoms with Crippen molar-refractivity contribution in [3.05, 3.63) is 11.7 Å². The van der Waals surface area contributed by atoms with Gasteiger partial charge in [-0.25, -0.2) is 0 Å². The molecule has 1 aromatic heterocycles. The van der Waals surface area contributed by atoms with E-state index >= 15 is 0 Å². The average Bonchev–Trinajstić information content (AvgIpc) is 2.80. The van der Waals surface area contributed by atoms with Gasteiger partial charge in [0.25, 0.3) is 0 Å². The Morgan fingerprint density at radius 1 is 1.33 bits per heavy atom. The lowest BCUT2D eigenvalue weighted by Crippen LogP contribution is -2.50. The molecule has 1 aromatic rings. The Bertz CT molecular complexity index is 433. The Morgan fingerprint density at radius 2 is 2.10 bits per heavy atom. The van der Waals surface area contributed by atoms with E-state index in [1.807, 2.05) is 0 Å². The molecule has 1 saturated heterocycles. The van der Waals surface area contributed by atoms with Gasteiger partial charge in [-0.3, -0.25) is 0 Å². The molecule has 0 radical (unpaired) electrons. The van der Waals surface area contributed by atoms with Gasteiger partial charge in [0, 0.05) is 44.6 Å². The first kappa shape index (κ1) is 16.4. The van der Waals surface area contributed by atoms with Crippen LogP contribution in [0.5, 0.6) is 0 Å². The zero-order valence-corrected chi connectivity index (χ0v) is 13.7. The van der Waals surface area contributed by atoms with Gasteiger partial charge in [0.15, 0.2) is 5.82 Å². The first-order valence-corrected chi connectivity index (χ1v) is 7.90. The van der Waals surface area contributed by atoms with Gasteiger partial charge >= 0.3 is 0 Å². The van der Waals surface area contributed by atoms with Crippen molar-refractivity contribution in [3.63, 3.8) is 0 Å². The monoisotopic (exact) mass is 295 g/mol. The number of piperazine rings is 1. The van der Waals surface area contributed by atoms with E-state index in [-0.39, 0.29) is 6.04 Å². The molecular formula is C15H29N5O. The van der Waals surface area contributed by atoms with Gasteiger partial charge in [-0.1, -0.05) is 19.0 Å². The van der Waals surface area contributed by atoms with Crippen LogP contribution < -0.4 is 5.73 Å². The van der Waals surface area contributed by atoms with Crippen LogP contribution in [-0.2, 0) is 12.8 Å². The van der Waals surface area contributed by atoms with Crippen molar-refractivity contribution in [1.29, 1.82) is 0 Å². The molecule has 6 nitrogen and oxygen atoms in total. The van der Waals surface area contributed by atoms with Crippen LogP contribution in [0.1, 0.15) is 32.0 Å². The van der Waals surface area contributed by atoms with Crippen molar-refractivity contribution < 1.29 is 4.52 Å². The van der Waals surface area contributed by atoms with Crippen LogP contribution in [0.25, 0.3) is 0 Å². The number of hydrogen-bond acceptors (Lipinski definition) is 6. The quantitative estimate of drug-likeness (QED) is 0.836. The van der Waals surface area contributed by atoms with E-state index in [1.54, 1.807) is 0 Å². The van der Waals surface area contributed by atoms with Crippen molar-refractivity contribution in [2.45, 2.75) is 45.2 Å². The molecule has 0 aromatic carbocycles. The Morgan fingerprint density at radius 3 is 2.81 bits per heavy atom. The summed E-state index contributed by atoms with van der Waals surface area (Å²) in [5.41, 5.74) is 6.10. The van der Waals surface area contributed by atoms with Gasteiger partial charge in [0.2, 0.25) is 5.89 Å². The zero-order valence-electron chi connectivity index (χ0n) is 13.7. The molecule has 0 spiro atoms. The van der Waals surface area contributed by atoms with Crippen LogP contribution >= 0.6 is 0 Å². The zero-order chi connectivity index (χ0) is 15.4. The lowest BCUT2D eigenvalue weighted by molar-refractivity contribution is 0.113. The predicted molar refractivity (Wildman–Crippen MR) is 83.1 cm³/mol. The van der Waals surface area contributed by atoms with E-state index in [4.69, 9.17) is 10.3 Å². The average molecular weight is 295 g/mol. The van der Waals surface area contributed by atoms with Crippen molar-refractivity contribution in [3.8, 4) is 0 Å². The Labute approximate surface area is 127 Å². The van der Waals surface area contributed by atoms with Crippen LogP contribution in [0.2, 0.25) is 0 Å². The topological polar surface area (TPSA) is 71.4 Å². The fourth-order valence-electron chi connectivity index (χ4n) is 2.90. The summed E-state index contributed by atoms with van der Waals surface area (Å²) in [5.74, 6) is 2.06. The number of nitrogens with two attached hydrogens (primary N) is 1. The van der Waals surface area contributed by atoms with Crippen LogP contribution in [0.4, 0.5) is 0 Å². The van der Waals surface area contributed by atoms with Gasteiger partial charge in [-0.15, -0.1) is 0 Å². The lowest BCUT2D eigenvalue weighted by Gasteiger charge is -2.37. The molecular weight excluding hydrogens is 266 g/mol. The van der Waals surface area contributed by atoms with E-state index in [0.29, 0.717) is 24.3 Å². The van der Waals surface area contributed by atoms with Gasteiger partial charge in [0.1, 0.15) is 0 Å². The molecule has 1 aliphatic heterocycles. The molecule has 2 heterocycles. The van der Waals surface area contributed by atoms with Crippen molar-refractivity contribution in [1.82, 2.24) is 19.9 Å². The largest absolute Gasteiger partial charge is 0.339 e. The third kappa shape index (κ3) is 5.05. The highest BCUT2D eigenvalue weighted by Gasteiger charge is 2.24. The van der Waals surface area contributed by atoms with Crippen molar-refractivity contribution in [2.24, 2.45) is 11.7 Å². The second kappa shape index (κ2) is 7.33. The summed E-state index contributed by atoms with van der Waals surface area (Å²) < 4.78 is 5.35. The molecule has 0 bridgehead atoms. The van der Waals surface area contributed by atoms with E-state index in [1.165, 1.54) is 0 Å². The molecule has 120 valence electrons. The third-order valence-electron chi connectivity index (χ3n) is 4.12. The fraction of sp³-hybridized carbons (Fsp3) is 0.867. The lowest BCUT2D eigenvalue weighted by atomic mass is 10.0. The molecule has 0 saturated carbocycles. The number of nitrogens with zero attached hydrogens (tertiary/aromatic N) is 4. The number of likely N-dealkylation sites (N-methyl/N-ethyl adjacent to an activating group) is 2. The maximum absolute atomic E-state index is 6.10. The molecule has 0 amide bonds. The van der Waals surface area contributed by atoms with Crippen LogP contribution in [0.15, 0.2) is 4.52 Å². The number of aromatic nitrogens is 2. The van der Waals surface area contributed by atoms with Gasteiger partial charge < -0.3 is 20.1 Å². The molecule has 6 heteroatoms. The summed E-state index contributed by atoms with van der Waals surface area (Å²) in [4.78, 5) is 9.24. The Hall–Kier alpha value is -0.980. The summed E-state index contributed by atoms with van der Waals surface area (Å²) in [6.45, 7) is 7.61. The second-order valence-corrected chi connectivity index (χ2v) is 6.80. The summed E-state index contributed by atoms with van der Waals surface area (Å²) in [6, 6.07) is 0.556. The normalized spacial score (nSPS) is 22.9. The summed E-state index contributed by atoms with van der Waals surface area (Å²) in [7, 11) is 4.32. The molecule has 2 N–H and O–H groups in total. The molecule has 1 aliphatic rings. The van der Waals surface area contributed by atoms with Gasteiger partial charge in [-0.05, 0) is 26.4 Å². The van der Waals surface area contributed by atoms with E-state index in [0.717, 1.165) is 38.3 Å². The van der Waals surface area contributed by atoms with E-state index in [2.05, 4.69) is 47.9 Å². The predicted octanol–water partition coefficient (Wildman–Crippen LogP) is 0.774. The van der Waals surface area contributed by atoms with Crippen LogP contribution in [0, 0.1) is 5.92 Å². The first-order chi connectivity index (χ1) is 9.94. The molecule has 0 aliphatic carbocycles. The standard InChI is InChI=1S/C15H29N5O/c1-11(2)7-12(16)8-15-17-14(18-21-15)9-13-10-19(3)5-6-20(13)4/h11-13H,5-10,16H2,1-4H3. The van der Waals surface area contributed by atoms with Crippen LogP contribution in [0.3, 0.4) is 0 Å². The minimum absolute atomic E-state index is 0.0989. The van der Waals surface area contributed by atoms with E-state index < -0.39 is 0 Å². The van der Waals surface area contributed by atoms with E-state index in [9.17, 15) is 0 Å². The molecule has 1 fully saturated rings. The highest BCUT2D eigenvalue weighted by molar-refractivity contribution is 4.94. The van der Waals surface area contributed by atoms with Gasteiger partial charge in [0.05, 0.1) is 0 Å². The van der Waals surface area contributed by atoms with Crippen molar-refractivity contribution in [2.75, 3.05) is 33.7 Å². The van der Waals surface area contributed by atoms with Crippen LogP contribution in [-0.4, -0.2) is 65.8 Å². The Balaban J connectivity index is 1.87. The number of hydrogen-bond donors (Lipinski definition) is 1. The minimum atomic E-state index is 0.0989. The summed E-state index contributed by atoms with van der Waals surface area (Å²) >= 11 is 0. The maximum Gasteiger partial charge on any atom is 0.228 e. The first-order valence-electron chi connectivity index (χ1n) is 7.90.